The summed E-state index contributed by atoms with van der Waals surface area (Å²) >= 11 is 0. The normalized spacial score (nSPS) is 11.1. The van der Waals surface area contributed by atoms with Gasteiger partial charge in [0, 0.05) is 13.0 Å². The van der Waals surface area contributed by atoms with Gasteiger partial charge in [0.25, 0.3) is 10.1 Å². The summed E-state index contributed by atoms with van der Waals surface area (Å²) in [5, 5.41) is 2.50. The van der Waals surface area contributed by atoms with Gasteiger partial charge in [0.05, 0.1) is 5.75 Å². The average molecular weight is 406 g/mol. The van der Waals surface area contributed by atoms with Crippen molar-refractivity contribution in [2.24, 2.45) is 0 Å². The Labute approximate surface area is 184 Å². The number of amides is 1. The van der Waals surface area contributed by atoms with Crippen molar-refractivity contribution in [1.82, 2.24) is 5.32 Å². The fourth-order valence-electron chi connectivity index (χ4n) is 2.71. The number of carbonyl (C=O) groups excluding carboxylic acids is 1. The van der Waals surface area contributed by atoms with Gasteiger partial charge in [0.2, 0.25) is 5.91 Å². The van der Waals surface area contributed by atoms with E-state index in [2.05, 4.69) is 12.2 Å². The summed E-state index contributed by atoms with van der Waals surface area (Å²) in [4.78, 5) is 11.4. The van der Waals surface area contributed by atoms with Crippen molar-refractivity contribution in [2.45, 2.75) is 96.8 Å². The van der Waals surface area contributed by atoms with E-state index in [1.165, 1.54) is 64.2 Å². The second kappa shape index (κ2) is 19.4. The summed E-state index contributed by atoms with van der Waals surface area (Å²) in [5.41, 5.74) is 0. The summed E-state index contributed by atoms with van der Waals surface area (Å²) in [6.45, 7) is 2.23. The molecular formula is C18H39CaNO4S. The van der Waals surface area contributed by atoms with Crippen LogP contribution < -0.4 is 5.32 Å². The van der Waals surface area contributed by atoms with Crippen LogP contribution in [-0.2, 0) is 14.9 Å². The summed E-state index contributed by atoms with van der Waals surface area (Å²) < 4.78 is 29.6. The van der Waals surface area contributed by atoms with E-state index in [-0.39, 0.29) is 50.2 Å². The van der Waals surface area contributed by atoms with Gasteiger partial charge < -0.3 is 5.32 Å². The first kappa shape index (κ1) is 27.9. The molecule has 0 atom stereocenters. The molecule has 7 heteroatoms. The Balaban J connectivity index is 0. The predicted molar refractivity (Wildman–Crippen MR) is 108 cm³/mol. The monoisotopic (exact) mass is 405 g/mol. The van der Waals surface area contributed by atoms with Gasteiger partial charge in [0.1, 0.15) is 0 Å². The minimum atomic E-state index is -3.98. The van der Waals surface area contributed by atoms with Gasteiger partial charge >= 0.3 is 37.7 Å². The fraction of sp³-hybridized carbons (Fsp3) is 0.944. The molecule has 0 saturated heterocycles. The van der Waals surface area contributed by atoms with Gasteiger partial charge in [0.15, 0.2) is 0 Å². The van der Waals surface area contributed by atoms with E-state index in [1.54, 1.807) is 0 Å². The molecule has 1 amide bonds. The number of unbranched alkanes of at least 4 members (excludes halogenated alkanes) is 12. The number of carbonyl (C=O) groups is 1. The zero-order valence-corrected chi connectivity index (χ0v) is 16.2. The van der Waals surface area contributed by atoms with Crippen LogP contribution >= 0.6 is 0 Å². The van der Waals surface area contributed by atoms with Crippen LogP contribution in [0.4, 0.5) is 0 Å². The van der Waals surface area contributed by atoms with Crippen LogP contribution in [0.1, 0.15) is 96.8 Å². The molecule has 0 aromatic heterocycles. The fourth-order valence-corrected chi connectivity index (χ4v) is 3.07. The molecule has 0 aliphatic carbocycles. The van der Waals surface area contributed by atoms with Crippen molar-refractivity contribution in [2.75, 3.05) is 12.3 Å². The number of hydrogen-bond acceptors (Lipinski definition) is 3. The maximum absolute atomic E-state index is 11.4. The molecule has 0 aromatic rings. The molecule has 0 spiro atoms. The van der Waals surface area contributed by atoms with E-state index in [1.807, 2.05) is 0 Å². The van der Waals surface area contributed by atoms with E-state index < -0.39 is 15.9 Å². The summed E-state index contributed by atoms with van der Waals surface area (Å²) in [6, 6.07) is 0. The SMILES string of the molecule is CCCCCCCCCCCCCCCC(=O)NCCS(=O)(=O)O.[CaH2]. The number of hydrogen-bond donors (Lipinski definition) is 2. The molecule has 0 radical (unpaired) electrons. The Kier molecular flexibility index (Phi) is 21.6. The molecule has 0 fully saturated rings. The third-order valence-electron chi connectivity index (χ3n) is 4.19. The molecule has 0 heterocycles. The van der Waals surface area contributed by atoms with E-state index in [0.717, 1.165) is 19.3 Å². The third-order valence-corrected chi connectivity index (χ3v) is 4.91. The summed E-state index contributed by atoms with van der Waals surface area (Å²) in [5.74, 6) is -0.557. The Morgan fingerprint density at radius 1 is 0.800 bits per heavy atom. The van der Waals surface area contributed by atoms with Crippen LogP contribution in [0.3, 0.4) is 0 Å². The standard InChI is InChI=1S/C18H37NO4S.Ca.2H/c1-2-3-4-5-6-7-8-9-10-11-12-13-14-15-18(20)19-16-17-24(21,22)23;;;/h2-17H2,1H3,(H,19,20)(H,21,22,23);;;. The quantitative estimate of drug-likeness (QED) is 0.220. The van der Waals surface area contributed by atoms with Gasteiger partial charge in [-0.3, -0.25) is 9.35 Å². The Hall–Kier alpha value is 0.640. The molecule has 5 nitrogen and oxygen atoms in total. The molecule has 2 N–H and O–H groups in total. The van der Waals surface area contributed by atoms with E-state index in [9.17, 15) is 13.2 Å². The Morgan fingerprint density at radius 3 is 1.60 bits per heavy atom. The van der Waals surface area contributed by atoms with Crippen LogP contribution in [0.25, 0.3) is 0 Å². The second-order valence-electron chi connectivity index (χ2n) is 6.63. The molecule has 25 heavy (non-hydrogen) atoms. The van der Waals surface area contributed by atoms with Crippen molar-refractivity contribution < 1.29 is 17.8 Å². The van der Waals surface area contributed by atoms with Crippen LogP contribution in [0.2, 0.25) is 0 Å². The zero-order valence-electron chi connectivity index (χ0n) is 15.4. The van der Waals surface area contributed by atoms with Crippen molar-refractivity contribution in [3.8, 4) is 0 Å². The first-order valence-corrected chi connectivity index (χ1v) is 11.3. The molecule has 0 unspecified atom stereocenters. The van der Waals surface area contributed by atoms with Crippen LogP contribution in [0, 0.1) is 0 Å². The van der Waals surface area contributed by atoms with Crippen molar-refractivity contribution in [3.63, 3.8) is 0 Å². The zero-order chi connectivity index (χ0) is 18.1. The summed E-state index contributed by atoms with van der Waals surface area (Å²) in [7, 11) is -3.98. The topological polar surface area (TPSA) is 83.5 Å². The molecule has 0 bridgehead atoms. The molecule has 0 rings (SSSR count). The molecule has 0 aliphatic heterocycles. The van der Waals surface area contributed by atoms with Crippen LogP contribution in [-0.4, -0.2) is 68.9 Å². The van der Waals surface area contributed by atoms with Crippen molar-refractivity contribution >= 4 is 53.8 Å². The molecule has 0 aromatic carbocycles. The molecule has 148 valence electrons. The maximum atomic E-state index is 11.4. The minimum absolute atomic E-state index is 0. The third kappa shape index (κ3) is 24.6. The van der Waals surface area contributed by atoms with Gasteiger partial charge in [-0.05, 0) is 6.42 Å². The second-order valence-corrected chi connectivity index (χ2v) is 8.20. The van der Waals surface area contributed by atoms with Crippen molar-refractivity contribution in [1.29, 1.82) is 0 Å². The van der Waals surface area contributed by atoms with Crippen molar-refractivity contribution in [3.05, 3.63) is 0 Å². The van der Waals surface area contributed by atoms with Gasteiger partial charge in [-0.15, -0.1) is 0 Å². The van der Waals surface area contributed by atoms with E-state index in [0.29, 0.717) is 6.42 Å². The average Bonchev–Trinajstić information content (AvgIpc) is 2.50. The van der Waals surface area contributed by atoms with Gasteiger partial charge in [-0.1, -0.05) is 84.0 Å². The first-order chi connectivity index (χ1) is 11.5. The predicted octanol–water partition coefficient (Wildman–Crippen LogP) is 3.56. The summed E-state index contributed by atoms with van der Waals surface area (Å²) in [6.07, 6.45) is 16.9. The first-order valence-electron chi connectivity index (χ1n) is 9.67. The van der Waals surface area contributed by atoms with Crippen LogP contribution in [0.5, 0.6) is 0 Å². The van der Waals surface area contributed by atoms with Crippen LogP contribution in [0.15, 0.2) is 0 Å². The number of rotatable bonds is 17. The van der Waals surface area contributed by atoms with Gasteiger partial charge in [-0.2, -0.15) is 8.42 Å². The number of nitrogens with one attached hydrogen (secondary N) is 1. The van der Waals surface area contributed by atoms with E-state index >= 15 is 0 Å². The molecule has 0 aliphatic rings. The molecule has 0 saturated carbocycles. The van der Waals surface area contributed by atoms with E-state index in [4.69, 9.17) is 4.55 Å². The molecular weight excluding hydrogens is 366 g/mol. The Bertz CT molecular complexity index is 402. The van der Waals surface area contributed by atoms with Gasteiger partial charge in [-0.25, -0.2) is 0 Å². The Morgan fingerprint density at radius 2 is 1.20 bits per heavy atom.